The maximum absolute atomic E-state index is 12.2. The first-order valence-electron chi connectivity index (χ1n) is 7.88. The van der Waals surface area contributed by atoms with E-state index in [1.54, 1.807) is 4.57 Å². The van der Waals surface area contributed by atoms with Crippen molar-refractivity contribution in [3.8, 4) is 0 Å². The fourth-order valence-corrected chi connectivity index (χ4v) is 3.05. The predicted molar refractivity (Wildman–Crippen MR) is 95.2 cm³/mol. The molecule has 0 atom stereocenters. The molecule has 0 aliphatic carbocycles. The maximum Gasteiger partial charge on any atom is 0.350 e. The lowest BCUT2D eigenvalue weighted by Crippen LogP contribution is -2.24. The van der Waals surface area contributed by atoms with Gasteiger partial charge in [0.1, 0.15) is 23.0 Å². The molecule has 7 heteroatoms. The molecule has 3 aromatic rings. The van der Waals surface area contributed by atoms with Crippen LogP contribution in [-0.4, -0.2) is 25.8 Å². The van der Waals surface area contributed by atoms with Crippen molar-refractivity contribution in [3.63, 3.8) is 0 Å². The van der Waals surface area contributed by atoms with Gasteiger partial charge >= 0.3 is 5.69 Å². The van der Waals surface area contributed by atoms with Gasteiger partial charge in [0.05, 0.1) is 6.61 Å². The number of hydrogen-bond donors (Lipinski definition) is 1. The average molecular weight is 344 g/mol. The smallest absolute Gasteiger partial charge is 0.350 e. The van der Waals surface area contributed by atoms with Gasteiger partial charge in [0.25, 0.3) is 0 Å². The monoisotopic (exact) mass is 344 g/mol. The molecule has 24 heavy (non-hydrogen) atoms. The van der Waals surface area contributed by atoms with Gasteiger partial charge in [-0.3, -0.25) is 4.57 Å². The van der Waals surface area contributed by atoms with Gasteiger partial charge in [-0.2, -0.15) is 4.98 Å². The molecule has 0 fully saturated rings. The van der Waals surface area contributed by atoms with Gasteiger partial charge < -0.3 is 9.72 Å². The van der Waals surface area contributed by atoms with Gasteiger partial charge in [0, 0.05) is 6.54 Å². The van der Waals surface area contributed by atoms with Gasteiger partial charge in [0.2, 0.25) is 0 Å². The van der Waals surface area contributed by atoms with Crippen molar-refractivity contribution in [1.82, 2.24) is 19.5 Å². The molecule has 0 saturated carbocycles. The number of thioether (sulfide) groups is 1. The van der Waals surface area contributed by atoms with Crippen molar-refractivity contribution in [2.75, 3.05) is 6.26 Å². The van der Waals surface area contributed by atoms with E-state index in [-0.39, 0.29) is 5.69 Å². The molecular weight excluding hydrogens is 324 g/mol. The fourth-order valence-electron chi connectivity index (χ4n) is 2.53. The summed E-state index contributed by atoms with van der Waals surface area (Å²) in [6.07, 6.45) is 2.75. The minimum Gasteiger partial charge on any atom is -0.369 e. The van der Waals surface area contributed by atoms with Crippen LogP contribution in [0.1, 0.15) is 24.7 Å². The van der Waals surface area contributed by atoms with E-state index in [0.29, 0.717) is 36.3 Å². The van der Waals surface area contributed by atoms with Gasteiger partial charge in [-0.15, -0.1) is 11.8 Å². The molecule has 0 radical (unpaired) electrons. The summed E-state index contributed by atoms with van der Waals surface area (Å²) in [6.45, 7) is 3.51. The highest BCUT2D eigenvalue weighted by molar-refractivity contribution is 7.98. The van der Waals surface area contributed by atoms with Crippen LogP contribution in [0, 0.1) is 0 Å². The topological polar surface area (TPSA) is 72.8 Å². The van der Waals surface area contributed by atoms with E-state index >= 15 is 0 Å². The molecule has 2 heterocycles. The quantitative estimate of drug-likeness (QED) is 0.527. The molecule has 0 aliphatic heterocycles. The van der Waals surface area contributed by atoms with E-state index in [4.69, 9.17) is 4.74 Å². The van der Waals surface area contributed by atoms with Crippen LogP contribution < -0.4 is 5.69 Å². The number of nitrogens with one attached hydrogen (secondary N) is 1. The van der Waals surface area contributed by atoms with Crippen LogP contribution in [0.4, 0.5) is 0 Å². The van der Waals surface area contributed by atoms with E-state index in [9.17, 15) is 4.79 Å². The largest absolute Gasteiger partial charge is 0.369 e. The van der Waals surface area contributed by atoms with E-state index in [0.717, 1.165) is 17.5 Å². The van der Waals surface area contributed by atoms with Gasteiger partial charge in [-0.1, -0.05) is 37.3 Å². The highest BCUT2D eigenvalue weighted by Crippen LogP contribution is 2.21. The lowest BCUT2D eigenvalue weighted by Gasteiger charge is -2.05. The third-order valence-corrected chi connectivity index (χ3v) is 4.30. The molecule has 0 spiro atoms. The van der Waals surface area contributed by atoms with E-state index in [1.807, 2.05) is 43.5 Å². The van der Waals surface area contributed by atoms with Crippen molar-refractivity contribution in [1.29, 1.82) is 0 Å². The molecule has 3 rings (SSSR count). The number of aromatic amines is 1. The van der Waals surface area contributed by atoms with Crippen LogP contribution in [0.25, 0.3) is 11.2 Å². The molecule has 0 saturated heterocycles. The number of fused-ring (bicyclic) bond motifs is 1. The van der Waals surface area contributed by atoms with Crippen LogP contribution in [-0.2, 0) is 24.5 Å². The molecule has 0 unspecified atom stereocenters. The zero-order valence-corrected chi connectivity index (χ0v) is 14.6. The molecule has 1 N–H and O–H groups in total. The Hall–Kier alpha value is -2.12. The maximum atomic E-state index is 12.2. The Morgan fingerprint density at radius 1 is 1.21 bits per heavy atom. The Morgan fingerprint density at radius 2 is 2.00 bits per heavy atom. The Labute approximate surface area is 144 Å². The lowest BCUT2D eigenvalue weighted by molar-refractivity contribution is 0.102. The van der Waals surface area contributed by atoms with E-state index in [1.165, 1.54) is 11.8 Å². The third-order valence-electron chi connectivity index (χ3n) is 3.62. The first kappa shape index (κ1) is 16.7. The van der Waals surface area contributed by atoms with Crippen molar-refractivity contribution in [2.45, 2.75) is 38.1 Å². The minimum absolute atomic E-state index is 0.253. The van der Waals surface area contributed by atoms with E-state index < -0.39 is 0 Å². The zero-order chi connectivity index (χ0) is 16.9. The fraction of sp³-hybridized carbons (Fsp3) is 0.353. The van der Waals surface area contributed by atoms with Gasteiger partial charge in [-0.25, -0.2) is 9.78 Å². The third kappa shape index (κ3) is 3.52. The van der Waals surface area contributed by atoms with Crippen LogP contribution >= 0.6 is 11.8 Å². The zero-order valence-electron chi connectivity index (χ0n) is 13.8. The standard InChI is InChI=1S/C17H20N4O2S/c1-3-9-21-15-14(16(24-2)20-17(21)22)18-13(19-15)11-23-10-12-7-5-4-6-8-12/h4-8H,3,9-11H2,1-2H3,(H,18,19). The first-order valence-corrected chi connectivity index (χ1v) is 9.10. The number of ether oxygens (including phenoxy) is 1. The first-order chi connectivity index (χ1) is 11.7. The number of hydrogen-bond acceptors (Lipinski definition) is 5. The molecule has 0 amide bonds. The Kier molecular flexibility index (Phi) is 5.32. The number of benzene rings is 1. The summed E-state index contributed by atoms with van der Waals surface area (Å²) < 4.78 is 7.35. The van der Waals surface area contributed by atoms with Crippen molar-refractivity contribution in [3.05, 3.63) is 52.2 Å². The molecule has 0 bridgehead atoms. The normalized spacial score (nSPS) is 11.2. The molecule has 6 nitrogen and oxygen atoms in total. The van der Waals surface area contributed by atoms with Crippen LogP contribution in [0.2, 0.25) is 0 Å². The molecule has 126 valence electrons. The second-order valence-electron chi connectivity index (χ2n) is 5.42. The van der Waals surface area contributed by atoms with Gasteiger partial charge in [0.15, 0.2) is 5.65 Å². The van der Waals surface area contributed by atoms with Crippen molar-refractivity contribution >= 4 is 22.9 Å². The number of nitrogens with zero attached hydrogens (tertiary/aromatic N) is 3. The van der Waals surface area contributed by atoms with Crippen molar-refractivity contribution in [2.24, 2.45) is 0 Å². The van der Waals surface area contributed by atoms with Crippen molar-refractivity contribution < 1.29 is 4.74 Å². The Bertz CT molecular complexity index is 873. The second kappa shape index (κ2) is 7.63. The molecule has 2 aromatic heterocycles. The summed E-state index contributed by atoms with van der Waals surface area (Å²) in [6, 6.07) is 9.99. The van der Waals surface area contributed by atoms with Crippen LogP contribution in [0.15, 0.2) is 40.2 Å². The van der Waals surface area contributed by atoms with Crippen LogP contribution in [0.5, 0.6) is 0 Å². The SMILES string of the molecule is CCCn1c(=O)nc(SC)c2[nH]c(COCc3ccccc3)nc21. The highest BCUT2D eigenvalue weighted by atomic mass is 32.2. The summed E-state index contributed by atoms with van der Waals surface area (Å²) in [4.78, 5) is 24.1. The van der Waals surface area contributed by atoms with Crippen LogP contribution in [0.3, 0.4) is 0 Å². The molecule has 0 aliphatic rings. The highest BCUT2D eigenvalue weighted by Gasteiger charge is 2.14. The Balaban J connectivity index is 1.84. The summed E-state index contributed by atoms with van der Waals surface area (Å²) in [7, 11) is 0. The number of rotatable bonds is 7. The van der Waals surface area contributed by atoms with E-state index in [2.05, 4.69) is 15.0 Å². The number of imidazole rings is 1. The predicted octanol–water partition coefficient (Wildman–Crippen LogP) is 2.97. The van der Waals surface area contributed by atoms with Gasteiger partial charge in [-0.05, 0) is 18.2 Å². The number of H-pyrrole nitrogens is 1. The number of aromatic nitrogens is 4. The lowest BCUT2D eigenvalue weighted by atomic mass is 10.2. The summed E-state index contributed by atoms with van der Waals surface area (Å²) in [5, 5.41) is 0.671. The summed E-state index contributed by atoms with van der Waals surface area (Å²) in [5.74, 6) is 0.702. The Morgan fingerprint density at radius 3 is 2.71 bits per heavy atom. The molecule has 1 aromatic carbocycles. The number of aryl methyl sites for hydroxylation is 1. The second-order valence-corrected chi connectivity index (χ2v) is 6.21. The molecular formula is C17H20N4O2S. The average Bonchev–Trinajstić information content (AvgIpc) is 3.02. The summed E-state index contributed by atoms with van der Waals surface area (Å²) in [5.41, 5.74) is 2.31. The minimum atomic E-state index is -0.253. The summed E-state index contributed by atoms with van der Waals surface area (Å²) >= 11 is 1.44.